The fourth-order valence-corrected chi connectivity index (χ4v) is 3.82. The standard InChI is InChI=1S/C16H19N7O8S/c1-30-21-10(8-5-32-14(17)20-8)11(24)19-7-4-23(12(7)25)16(29)22-3-6(31-15(18)28)2-9(22)13(26)27/h5-7,9H,2-4H2,1H3,(H2,17,20)(H2,18,28)(H,19,24)(H,26,27)/t6?,7-,9+/m0/s1. The Kier molecular flexibility index (Phi) is 6.42. The number of carboxylic acids is 1. The summed E-state index contributed by atoms with van der Waals surface area (Å²) in [5, 5.41) is 17.0. The third-order valence-electron chi connectivity index (χ3n) is 4.70. The molecule has 3 heterocycles. The Balaban J connectivity index is 1.63. The first-order valence-corrected chi connectivity index (χ1v) is 9.94. The van der Waals surface area contributed by atoms with Gasteiger partial charge in [0.25, 0.3) is 11.8 Å². The Morgan fingerprint density at radius 3 is 2.59 bits per heavy atom. The van der Waals surface area contributed by atoms with E-state index in [1.807, 2.05) is 0 Å². The van der Waals surface area contributed by atoms with Gasteiger partial charge in [0.1, 0.15) is 31.0 Å². The number of hydrogen-bond acceptors (Lipinski definition) is 11. The van der Waals surface area contributed by atoms with Gasteiger partial charge in [-0.1, -0.05) is 5.16 Å². The lowest BCUT2D eigenvalue weighted by Gasteiger charge is -2.39. The van der Waals surface area contributed by atoms with Crippen LogP contribution < -0.4 is 16.8 Å². The molecule has 0 aliphatic carbocycles. The molecule has 2 aliphatic rings. The number of nitrogens with zero attached hydrogens (tertiary/aromatic N) is 4. The zero-order chi connectivity index (χ0) is 23.6. The number of imide groups is 1. The van der Waals surface area contributed by atoms with Crippen molar-refractivity contribution >= 4 is 52.1 Å². The molecule has 0 saturated carbocycles. The summed E-state index contributed by atoms with van der Waals surface area (Å²) in [4.78, 5) is 70.3. The molecule has 32 heavy (non-hydrogen) atoms. The van der Waals surface area contributed by atoms with Gasteiger partial charge < -0.3 is 36.4 Å². The van der Waals surface area contributed by atoms with Crippen molar-refractivity contribution in [2.24, 2.45) is 10.9 Å². The van der Waals surface area contributed by atoms with Gasteiger partial charge in [-0.2, -0.15) is 0 Å². The van der Waals surface area contributed by atoms with Crippen LogP contribution in [0.4, 0.5) is 14.7 Å². The van der Waals surface area contributed by atoms with E-state index in [4.69, 9.17) is 16.2 Å². The van der Waals surface area contributed by atoms with Crippen LogP contribution in [0.5, 0.6) is 0 Å². The van der Waals surface area contributed by atoms with Crippen molar-refractivity contribution in [1.82, 2.24) is 20.1 Å². The van der Waals surface area contributed by atoms with Crippen LogP contribution >= 0.6 is 11.3 Å². The van der Waals surface area contributed by atoms with Crippen molar-refractivity contribution in [2.75, 3.05) is 25.9 Å². The lowest BCUT2D eigenvalue weighted by molar-refractivity contribution is -0.145. The Hall–Kier alpha value is -3.95. The van der Waals surface area contributed by atoms with Crippen molar-refractivity contribution in [3.63, 3.8) is 0 Å². The third kappa shape index (κ3) is 4.53. The van der Waals surface area contributed by atoms with Gasteiger partial charge in [0.05, 0.1) is 13.1 Å². The summed E-state index contributed by atoms with van der Waals surface area (Å²) < 4.78 is 4.78. The van der Waals surface area contributed by atoms with Crippen molar-refractivity contribution in [1.29, 1.82) is 0 Å². The van der Waals surface area contributed by atoms with Crippen molar-refractivity contribution in [3.05, 3.63) is 11.1 Å². The van der Waals surface area contributed by atoms with Crippen LogP contribution in [-0.2, 0) is 24.0 Å². The molecular formula is C16H19N7O8S. The number of nitrogen functional groups attached to an aromatic ring is 1. The largest absolute Gasteiger partial charge is 0.480 e. The van der Waals surface area contributed by atoms with Crippen LogP contribution in [0.3, 0.4) is 0 Å². The maximum Gasteiger partial charge on any atom is 0.404 e. The molecule has 2 saturated heterocycles. The second kappa shape index (κ2) is 9.04. The molecule has 172 valence electrons. The van der Waals surface area contributed by atoms with E-state index < -0.39 is 48.1 Å². The Labute approximate surface area is 183 Å². The van der Waals surface area contributed by atoms with Gasteiger partial charge in [-0.05, 0) is 0 Å². The molecule has 6 N–H and O–H groups in total. The topological polar surface area (TPSA) is 220 Å². The van der Waals surface area contributed by atoms with Crippen molar-refractivity contribution in [2.45, 2.75) is 24.6 Å². The summed E-state index contributed by atoms with van der Waals surface area (Å²) in [5.41, 5.74) is 10.4. The van der Waals surface area contributed by atoms with E-state index in [-0.39, 0.29) is 36.0 Å². The van der Waals surface area contributed by atoms with Gasteiger partial charge in [-0.25, -0.2) is 19.4 Å². The normalized spacial score (nSPS) is 22.8. The van der Waals surface area contributed by atoms with E-state index >= 15 is 0 Å². The number of aliphatic carboxylic acids is 1. The molecule has 16 heteroatoms. The highest BCUT2D eigenvalue weighted by atomic mass is 32.1. The Morgan fingerprint density at radius 2 is 2.06 bits per heavy atom. The number of oxime groups is 1. The zero-order valence-corrected chi connectivity index (χ0v) is 17.4. The molecule has 3 rings (SSSR count). The van der Waals surface area contributed by atoms with Gasteiger partial charge in [0, 0.05) is 11.8 Å². The molecule has 0 aromatic carbocycles. The lowest BCUT2D eigenvalue weighted by atomic mass is 10.1. The number of likely N-dealkylation sites (tertiary alicyclic amines) is 2. The maximum absolute atomic E-state index is 12.7. The number of aromatic nitrogens is 1. The minimum absolute atomic E-state index is 0.147. The molecular weight excluding hydrogens is 450 g/mol. The van der Waals surface area contributed by atoms with Crippen LogP contribution in [0.1, 0.15) is 12.1 Å². The molecule has 1 aromatic heterocycles. The molecule has 0 spiro atoms. The SMILES string of the molecule is CON=C(C(=O)N[C@H]1CN(C(=O)N2CC(OC(N)=O)C[C@@H]2C(=O)O)C1=O)c1csc(N)n1. The summed E-state index contributed by atoms with van der Waals surface area (Å²) in [6, 6.07) is -3.24. The number of carbonyl (C=O) groups excluding carboxylic acids is 4. The Morgan fingerprint density at radius 1 is 1.34 bits per heavy atom. The number of rotatable bonds is 6. The first-order valence-electron chi connectivity index (χ1n) is 9.06. The maximum atomic E-state index is 12.7. The molecule has 5 amide bonds. The van der Waals surface area contributed by atoms with Crippen LogP contribution in [-0.4, -0.2) is 93.9 Å². The highest BCUT2D eigenvalue weighted by Crippen LogP contribution is 2.25. The first-order chi connectivity index (χ1) is 15.1. The van der Waals surface area contributed by atoms with E-state index in [2.05, 4.69) is 20.3 Å². The van der Waals surface area contributed by atoms with E-state index in [1.165, 1.54) is 12.5 Å². The zero-order valence-electron chi connectivity index (χ0n) is 16.6. The number of anilines is 1. The summed E-state index contributed by atoms with van der Waals surface area (Å²) >= 11 is 1.08. The Bertz CT molecular complexity index is 995. The number of carboxylic acid groups (broad SMARTS) is 1. The number of thiazole rings is 1. The highest BCUT2D eigenvalue weighted by Gasteiger charge is 2.49. The monoisotopic (exact) mass is 469 g/mol. The second-order valence-corrected chi connectivity index (χ2v) is 7.64. The third-order valence-corrected chi connectivity index (χ3v) is 5.38. The van der Waals surface area contributed by atoms with Gasteiger partial charge in [-0.3, -0.25) is 14.5 Å². The quantitative estimate of drug-likeness (QED) is 0.207. The van der Waals surface area contributed by atoms with E-state index in [9.17, 15) is 29.1 Å². The number of nitrogens with two attached hydrogens (primary N) is 2. The predicted octanol–water partition coefficient (Wildman–Crippen LogP) is -1.85. The number of hydrogen-bond donors (Lipinski definition) is 4. The average molecular weight is 469 g/mol. The van der Waals surface area contributed by atoms with Crippen molar-refractivity contribution < 1.29 is 38.7 Å². The smallest absolute Gasteiger partial charge is 0.404 e. The minimum Gasteiger partial charge on any atom is -0.480 e. The number of carbonyl (C=O) groups is 5. The molecule has 3 atom stereocenters. The molecule has 2 fully saturated rings. The number of β-lactam (4-membered cyclic amide) rings is 1. The summed E-state index contributed by atoms with van der Waals surface area (Å²) in [6.45, 7) is -0.442. The molecule has 0 radical (unpaired) electrons. The summed E-state index contributed by atoms with van der Waals surface area (Å²) in [5.74, 6) is -2.85. The number of amides is 5. The van der Waals surface area contributed by atoms with E-state index in [0.29, 0.717) is 0 Å². The van der Waals surface area contributed by atoms with Crippen LogP contribution in [0.2, 0.25) is 0 Å². The van der Waals surface area contributed by atoms with Gasteiger partial charge in [0.15, 0.2) is 10.8 Å². The number of urea groups is 1. The van der Waals surface area contributed by atoms with Gasteiger partial charge in [-0.15, -0.1) is 11.3 Å². The average Bonchev–Trinajstić information content (AvgIpc) is 3.34. The van der Waals surface area contributed by atoms with Gasteiger partial charge in [0.2, 0.25) is 0 Å². The summed E-state index contributed by atoms with van der Waals surface area (Å²) in [6.07, 6.45) is -2.19. The number of nitrogens with one attached hydrogen (secondary N) is 1. The van der Waals surface area contributed by atoms with Crippen LogP contribution in [0.15, 0.2) is 10.5 Å². The molecule has 1 unspecified atom stereocenters. The highest BCUT2D eigenvalue weighted by molar-refractivity contribution is 7.13. The van der Waals surface area contributed by atoms with E-state index in [1.54, 1.807) is 0 Å². The predicted molar refractivity (Wildman–Crippen MR) is 106 cm³/mol. The number of primary amides is 1. The summed E-state index contributed by atoms with van der Waals surface area (Å²) in [7, 11) is 1.22. The fraction of sp³-hybridized carbons (Fsp3) is 0.438. The molecule has 15 nitrogen and oxygen atoms in total. The second-order valence-electron chi connectivity index (χ2n) is 6.75. The molecule has 2 aliphatic heterocycles. The molecule has 1 aromatic rings. The fourth-order valence-electron chi connectivity index (χ4n) is 3.27. The minimum atomic E-state index is -1.32. The van der Waals surface area contributed by atoms with Crippen LogP contribution in [0, 0.1) is 0 Å². The van der Waals surface area contributed by atoms with Crippen molar-refractivity contribution in [3.8, 4) is 0 Å². The van der Waals surface area contributed by atoms with E-state index in [0.717, 1.165) is 21.1 Å². The lowest BCUT2D eigenvalue weighted by Crippen LogP contribution is -2.68. The number of ether oxygens (including phenoxy) is 1. The van der Waals surface area contributed by atoms with Gasteiger partial charge >= 0.3 is 18.1 Å². The van der Waals surface area contributed by atoms with Crippen LogP contribution in [0.25, 0.3) is 0 Å². The molecule has 0 bridgehead atoms. The first kappa shape index (κ1) is 22.7.